The van der Waals surface area contributed by atoms with E-state index in [1.54, 1.807) is 0 Å². The van der Waals surface area contributed by atoms with Gasteiger partial charge in [0.2, 0.25) is 0 Å². The molecule has 3 nitrogen and oxygen atoms in total. The summed E-state index contributed by atoms with van der Waals surface area (Å²) in [7, 11) is 0. The highest BCUT2D eigenvalue weighted by molar-refractivity contribution is 5.81. The first-order chi connectivity index (χ1) is 10.2. The predicted molar refractivity (Wildman–Crippen MR) is 90.4 cm³/mol. The molecule has 0 atom stereocenters. The maximum atomic E-state index is 4.84. The number of fused-ring (bicyclic) bond motifs is 1. The number of hydrogen-bond donors (Lipinski definition) is 1. The van der Waals surface area contributed by atoms with Gasteiger partial charge in [0.25, 0.3) is 0 Å². The van der Waals surface area contributed by atoms with Gasteiger partial charge in [-0.3, -0.25) is 4.68 Å². The van der Waals surface area contributed by atoms with Crippen molar-refractivity contribution in [2.24, 2.45) is 5.92 Å². The summed E-state index contributed by atoms with van der Waals surface area (Å²) in [5.41, 5.74) is 2.46. The number of hydrogen-bond acceptors (Lipinski definition) is 2. The summed E-state index contributed by atoms with van der Waals surface area (Å²) >= 11 is 0. The Hall–Kier alpha value is -1.35. The molecular weight excluding hydrogens is 258 g/mol. The van der Waals surface area contributed by atoms with Crippen LogP contribution in [0.3, 0.4) is 0 Å². The lowest BCUT2D eigenvalue weighted by atomic mass is 10.2. The molecule has 1 aromatic heterocycles. The Balaban J connectivity index is 2.06. The minimum Gasteiger partial charge on any atom is -0.311 e. The average Bonchev–Trinajstić information content (AvgIpc) is 2.82. The number of unbranched alkanes of at least 4 members (excludes halogenated alkanes) is 3. The Kier molecular flexibility index (Phi) is 6.24. The highest BCUT2D eigenvalue weighted by atomic mass is 15.3. The summed E-state index contributed by atoms with van der Waals surface area (Å²) in [4.78, 5) is 0. The van der Waals surface area contributed by atoms with Gasteiger partial charge in [-0.2, -0.15) is 5.10 Å². The van der Waals surface area contributed by atoms with E-state index < -0.39 is 0 Å². The minimum absolute atomic E-state index is 0.674. The van der Waals surface area contributed by atoms with Crippen molar-refractivity contribution in [2.75, 3.05) is 6.54 Å². The van der Waals surface area contributed by atoms with Gasteiger partial charge in [0.1, 0.15) is 0 Å². The molecule has 21 heavy (non-hydrogen) atoms. The van der Waals surface area contributed by atoms with Crippen LogP contribution in [0.4, 0.5) is 0 Å². The van der Waals surface area contributed by atoms with Crippen molar-refractivity contribution in [2.45, 2.75) is 59.5 Å². The topological polar surface area (TPSA) is 29.9 Å². The summed E-state index contributed by atoms with van der Waals surface area (Å²) in [6, 6.07) is 8.60. The summed E-state index contributed by atoms with van der Waals surface area (Å²) in [6.45, 7) is 9.65. The van der Waals surface area contributed by atoms with Crippen LogP contribution < -0.4 is 5.32 Å². The molecule has 1 heterocycles. The highest BCUT2D eigenvalue weighted by Crippen LogP contribution is 2.19. The molecule has 2 aromatic rings. The quantitative estimate of drug-likeness (QED) is 0.694. The van der Waals surface area contributed by atoms with Crippen molar-refractivity contribution in [3.8, 4) is 0 Å². The molecule has 0 saturated heterocycles. The number of aryl methyl sites for hydroxylation is 1. The fourth-order valence-corrected chi connectivity index (χ4v) is 2.66. The molecule has 1 N–H and O–H groups in total. The first-order valence-corrected chi connectivity index (χ1v) is 8.37. The number of rotatable bonds is 9. The third-order valence-corrected chi connectivity index (χ3v) is 3.80. The van der Waals surface area contributed by atoms with Gasteiger partial charge < -0.3 is 5.32 Å². The zero-order valence-corrected chi connectivity index (χ0v) is 13.7. The van der Waals surface area contributed by atoms with E-state index in [2.05, 4.69) is 55.0 Å². The maximum absolute atomic E-state index is 4.84. The number of benzene rings is 1. The van der Waals surface area contributed by atoms with Crippen LogP contribution >= 0.6 is 0 Å². The number of nitrogens with one attached hydrogen (secondary N) is 1. The molecule has 0 aliphatic carbocycles. The van der Waals surface area contributed by atoms with Crippen molar-refractivity contribution >= 4 is 10.9 Å². The lowest BCUT2D eigenvalue weighted by molar-refractivity contribution is 0.528. The van der Waals surface area contributed by atoms with E-state index >= 15 is 0 Å². The molecule has 0 unspecified atom stereocenters. The van der Waals surface area contributed by atoms with Gasteiger partial charge in [-0.15, -0.1) is 0 Å². The van der Waals surface area contributed by atoms with Gasteiger partial charge in [-0.1, -0.05) is 58.2 Å². The molecular formula is C18H29N3. The van der Waals surface area contributed by atoms with Gasteiger partial charge >= 0.3 is 0 Å². The molecule has 116 valence electrons. The fourth-order valence-electron chi connectivity index (χ4n) is 2.66. The van der Waals surface area contributed by atoms with Crippen LogP contribution in [0.15, 0.2) is 24.3 Å². The first-order valence-electron chi connectivity index (χ1n) is 8.37. The van der Waals surface area contributed by atoms with Gasteiger partial charge in [0.15, 0.2) is 0 Å². The van der Waals surface area contributed by atoms with E-state index in [0.717, 1.165) is 19.6 Å². The van der Waals surface area contributed by atoms with Crippen molar-refractivity contribution < 1.29 is 0 Å². The van der Waals surface area contributed by atoms with E-state index in [4.69, 9.17) is 5.10 Å². The summed E-state index contributed by atoms with van der Waals surface area (Å²) in [6.07, 6.45) is 5.12. The molecule has 0 radical (unpaired) electrons. The van der Waals surface area contributed by atoms with E-state index in [1.165, 1.54) is 42.3 Å². The van der Waals surface area contributed by atoms with Gasteiger partial charge in [0.05, 0.1) is 11.2 Å². The van der Waals surface area contributed by atoms with Crippen LogP contribution in [-0.2, 0) is 13.1 Å². The zero-order valence-electron chi connectivity index (χ0n) is 13.7. The molecule has 0 aliphatic heterocycles. The second-order valence-corrected chi connectivity index (χ2v) is 6.27. The summed E-state index contributed by atoms with van der Waals surface area (Å²) in [5.74, 6) is 0.674. The van der Waals surface area contributed by atoms with E-state index in [0.29, 0.717) is 5.92 Å². The molecule has 0 saturated carbocycles. The SMILES string of the molecule is CCCCCCn1nc(CNCC(C)C)c2ccccc21. The minimum atomic E-state index is 0.674. The normalized spacial score (nSPS) is 11.6. The maximum Gasteiger partial charge on any atom is 0.0841 e. The van der Waals surface area contributed by atoms with Crippen molar-refractivity contribution in [1.82, 2.24) is 15.1 Å². The lowest BCUT2D eigenvalue weighted by Gasteiger charge is -2.05. The van der Waals surface area contributed by atoms with E-state index in [-0.39, 0.29) is 0 Å². The predicted octanol–water partition coefficient (Wildman–Crippen LogP) is 4.36. The molecule has 0 fully saturated rings. The Labute approximate surface area is 128 Å². The smallest absolute Gasteiger partial charge is 0.0841 e. The van der Waals surface area contributed by atoms with E-state index in [9.17, 15) is 0 Å². The molecule has 0 aliphatic rings. The second-order valence-electron chi connectivity index (χ2n) is 6.27. The van der Waals surface area contributed by atoms with Crippen LogP contribution in [0.25, 0.3) is 10.9 Å². The molecule has 0 amide bonds. The van der Waals surface area contributed by atoms with Crippen LogP contribution in [-0.4, -0.2) is 16.3 Å². The summed E-state index contributed by atoms with van der Waals surface area (Å²) in [5, 5.41) is 9.64. The zero-order chi connectivity index (χ0) is 15.1. The molecule has 0 spiro atoms. The van der Waals surface area contributed by atoms with E-state index in [1.807, 2.05) is 0 Å². The van der Waals surface area contributed by atoms with Gasteiger partial charge in [-0.25, -0.2) is 0 Å². The standard InChI is InChI=1S/C18H29N3/c1-4-5-6-9-12-21-18-11-8-7-10-16(18)17(20-21)14-19-13-15(2)3/h7-8,10-11,15,19H,4-6,9,12-14H2,1-3H3. The molecule has 0 bridgehead atoms. The Morgan fingerprint density at radius 3 is 2.71 bits per heavy atom. The molecule has 2 rings (SSSR count). The summed E-state index contributed by atoms with van der Waals surface area (Å²) < 4.78 is 2.19. The molecule has 1 aromatic carbocycles. The number of aromatic nitrogens is 2. The van der Waals surface area contributed by atoms with Gasteiger partial charge in [-0.05, 0) is 24.9 Å². The average molecular weight is 287 g/mol. The number of nitrogens with zero attached hydrogens (tertiary/aromatic N) is 2. The van der Waals surface area contributed by atoms with Crippen LogP contribution in [0.1, 0.15) is 52.1 Å². The highest BCUT2D eigenvalue weighted by Gasteiger charge is 2.09. The monoisotopic (exact) mass is 287 g/mol. The van der Waals surface area contributed by atoms with Crippen molar-refractivity contribution in [1.29, 1.82) is 0 Å². The second kappa shape index (κ2) is 8.18. The van der Waals surface area contributed by atoms with Gasteiger partial charge in [0, 0.05) is 18.5 Å². The fraction of sp³-hybridized carbons (Fsp3) is 0.611. The van der Waals surface area contributed by atoms with Crippen LogP contribution in [0.5, 0.6) is 0 Å². The van der Waals surface area contributed by atoms with Crippen LogP contribution in [0, 0.1) is 5.92 Å². The Morgan fingerprint density at radius 2 is 1.95 bits per heavy atom. The number of para-hydroxylation sites is 1. The third-order valence-electron chi connectivity index (χ3n) is 3.80. The van der Waals surface area contributed by atoms with Crippen LogP contribution in [0.2, 0.25) is 0 Å². The van der Waals surface area contributed by atoms with Crippen molar-refractivity contribution in [3.05, 3.63) is 30.0 Å². The third kappa shape index (κ3) is 4.57. The Bertz CT molecular complexity index is 542. The Morgan fingerprint density at radius 1 is 1.14 bits per heavy atom. The largest absolute Gasteiger partial charge is 0.311 e. The van der Waals surface area contributed by atoms with Crippen molar-refractivity contribution in [3.63, 3.8) is 0 Å². The first kappa shape index (κ1) is 16.0. The lowest BCUT2D eigenvalue weighted by Crippen LogP contribution is -2.19. The molecule has 3 heteroatoms.